The van der Waals surface area contributed by atoms with E-state index in [0.717, 1.165) is 32.0 Å². The standard InChI is InChI=1S/C27H35F2N5O4/c1-15(2)9-19-7-8-33(12-16(3)4)31-22-14-32-13-20(24(35)25(36)23(32)27(38)34(19)22)26(37)30-11-17-5-6-18(28)10-21(17)29/h5-6,10,13,15-16,19,22,31,36H,7-9,11-12,14H2,1-4H3,(H,30,37)/t19?,22-/m1/s1. The van der Waals surface area contributed by atoms with Crippen molar-refractivity contribution in [3.63, 3.8) is 0 Å². The minimum Gasteiger partial charge on any atom is -0.503 e. The SMILES string of the molecule is CC(C)CC1CCN(CC(C)C)N[C@H]2Cn3cc(C(=O)NCc4ccc(F)cc4F)c(=O)c(O)c3C(=O)N12. The van der Waals surface area contributed by atoms with E-state index < -0.39 is 40.8 Å². The number of amides is 2. The summed E-state index contributed by atoms with van der Waals surface area (Å²) >= 11 is 0. The fraction of sp³-hybridized carbons (Fsp3) is 0.519. The minimum absolute atomic E-state index is 0.0388. The van der Waals surface area contributed by atoms with Crippen LogP contribution < -0.4 is 16.2 Å². The molecule has 4 rings (SSSR count). The molecule has 1 saturated heterocycles. The van der Waals surface area contributed by atoms with Gasteiger partial charge in [-0.05, 0) is 30.7 Å². The highest BCUT2D eigenvalue weighted by Crippen LogP contribution is 2.29. The summed E-state index contributed by atoms with van der Waals surface area (Å²) in [5.74, 6) is -2.95. The van der Waals surface area contributed by atoms with Gasteiger partial charge < -0.3 is 19.9 Å². The summed E-state index contributed by atoms with van der Waals surface area (Å²) in [7, 11) is 0. The van der Waals surface area contributed by atoms with Gasteiger partial charge in [0.1, 0.15) is 23.4 Å². The topological polar surface area (TPSA) is 107 Å². The second-order valence-corrected chi connectivity index (χ2v) is 10.9. The van der Waals surface area contributed by atoms with Gasteiger partial charge in [0.25, 0.3) is 11.8 Å². The summed E-state index contributed by atoms with van der Waals surface area (Å²) in [5.41, 5.74) is 1.98. The molecule has 2 amide bonds. The first-order valence-corrected chi connectivity index (χ1v) is 13.0. The second-order valence-electron chi connectivity index (χ2n) is 10.9. The number of carbonyl (C=O) groups is 2. The molecule has 0 spiro atoms. The third kappa shape index (κ3) is 5.73. The van der Waals surface area contributed by atoms with Gasteiger partial charge in [0.05, 0.1) is 6.54 Å². The Hall–Kier alpha value is -3.31. The molecular formula is C27H35F2N5O4. The average molecular weight is 532 g/mol. The lowest BCUT2D eigenvalue weighted by molar-refractivity contribution is 0.0266. The molecular weight excluding hydrogens is 496 g/mol. The summed E-state index contributed by atoms with van der Waals surface area (Å²) in [5, 5.41) is 15.4. The fourth-order valence-electron chi connectivity index (χ4n) is 5.26. The quantitative estimate of drug-likeness (QED) is 0.507. The number of aromatic nitrogens is 1. The Morgan fingerprint density at radius 3 is 2.58 bits per heavy atom. The van der Waals surface area contributed by atoms with Crippen LogP contribution >= 0.6 is 0 Å². The molecule has 38 heavy (non-hydrogen) atoms. The van der Waals surface area contributed by atoms with Gasteiger partial charge in [-0.15, -0.1) is 0 Å². The molecule has 0 bridgehead atoms. The van der Waals surface area contributed by atoms with Crippen molar-refractivity contribution in [1.82, 2.24) is 25.2 Å². The highest BCUT2D eigenvalue weighted by molar-refractivity contribution is 5.99. The number of carbonyl (C=O) groups excluding carboxylic acids is 2. The Balaban J connectivity index is 1.65. The molecule has 2 aromatic rings. The minimum atomic E-state index is -0.982. The van der Waals surface area contributed by atoms with Crippen LogP contribution in [0.25, 0.3) is 0 Å². The lowest BCUT2D eigenvalue weighted by Crippen LogP contribution is -2.60. The molecule has 11 heteroatoms. The number of fused-ring (bicyclic) bond motifs is 2. The average Bonchev–Trinajstić information content (AvgIpc) is 2.98. The number of hydrogen-bond donors (Lipinski definition) is 3. The van der Waals surface area contributed by atoms with Crippen molar-refractivity contribution in [2.24, 2.45) is 11.8 Å². The fourth-order valence-corrected chi connectivity index (χ4v) is 5.26. The first kappa shape index (κ1) is 27.7. The van der Waals surface area contributed by atoms with E-state index in [2.05, 4.69) is 43.4 Å². The van der Waals surface area contributed by atoms with E-state index >= 15 is 0 Å². The van der Waals surface area contributed by atoms with Gasteiger partial charge >= 0.3 is 0 Å². The molecule has 2 aliphatic rings. The number of hydrogen-bond acceptors (Lipinski definition) is 6. The van der Waals surface area contributed by atoms with Crippen molar-refractivity contribution in [2.75, 3.05) is 13.1 Å². The maximum Gasteiger partial charge on any atom is 0.276 e. The van der Waals surface area contributed by atoms with Crippen LogP contribution in [0.3, 0.4) is 0 Å². The van der Waals surface area contributed by atoms with E-state index in [1.807, 2.05) is 0 Å². The summed E-state index contributed by atoms with van der Waals surface area (Å²) in [4.78, 5) is 41.3. The lowest BCUT2D eigenvalue weighted by atomic mass is 9.97. The summed E-state index contributed by atoms with van der Waals surface area (Å²) in [6.45, 7) is 9.85. The van der Waals surface area contributed by atoms with Gasteiger partial charge in [-0.3, -0.25) is 14.4 Å². The van der Waals surface area contributed by atoms with E-state index in [-0.39, 0.29) is 36.0 Å². The van der Waals surface area contributed by atoms with Crippen LogP contribution in [0.4, 0.5) is 8.78 Å². The zero-order valence-electron chi connectivity index (χ0n) is 22.1. The molecule has 1 aromatic heterocycles. The normalized spacial score (nSPS) is 19.9. The van der Waals surface area contributed by atoms with Gasteiger partial charge in [-0.2, -0.15) is 0 Å². The van der Waals surface area contributed by atoms with Crippen molar-refractivity contribution < 1.29 is 23.5 Å². The van der Waals surface area contributed by atoms with Gasteiger partial charge in [-0.1, -0.05) is 33.8 Å². The summed E-state index contributed by atoms with van der Waals surface area (Å²) in [6.07, 6.45) is 2.34. The van der Waals surface area contributed by atoms with Crippen molar-refractivity contribution in [3.05, 3.63) is 63.1 Å². The third-order valence-corrected chi connectivity index (χ3v) is 6.88. The molecule has 3 heterocycles. The van der Waals surface area contributed by atoms with E-state index in [4.69, 9.17) is 0 Å². The van der Waals surface area contributed by atoms with Gasteiger partial charge in [0.15, 0.2) is 11.4 Å². The number of nitrogens with one attached hydrogen (secondary N) is 2. The Labute approximate surface area is 220 Å². The Morgan fingerprint density at radius 1 is 1.18 bits per heavy atom. The van der Waals surface area contributed by atoms with Crippen LogP contribution in [0.2, 0.25) is 0 Å². The van der Waals surface area contributed by atoms with Crippen LogP contribution in [0.5, 0.6) is 5.75 Å². The molecule has 2 aliphatic heterocycles. The van der Waals surface area contributed by atoms with Crippen molar-refractivity contribution in [1.29, 1.82) is 0 Å². The van der Waals surface area contributed by atoms with Crippen molar-refractivity contribution in [2.45, 2.75) is 65.8 Å². The van der Waals surface area contributed by atoms with Crippen LogP contribution in [-0.2, 0) is 13.1 Å². The molecule has 0 saturated carbocycles. The van der Waals surface area contributed by atoms with E-state index in [1.165, 1.54) is 16.8 Å². The Bertz CT molecular complexity index is 1280. The molecule has 3 N–H and O–H groups in total. The second kappa shape index (κ2) is 11.2. The number of pyridine rings is 1. The highest BCUT2D eigenvalue weighted by atomic mass is 19.1. The first-order valence-electron chi connectivity index (χ1n) is 13.0. The molecule has 1 unspecified atom stereocenters. The molecule has 2 atom stereocenters. The Kier molecular flexibility index (Phi) is 8.17. The number of hydrazine groups is 1. The Morgan fingerprint density at radius 2 is 1.92 bits per heavy atom. The summed E-state index contributed by atoms with van der Waals surface area (Å²) in [6, 6.07) is 2.88. The van der Waals surface area contributed by atoms with E-state index in [1.54, 1.807) is 4.90 Å². The maximum absolute atomic E-state index is 14.0. The van der Waals surface area contributed by atoms with Gasteiger partial charge in [-0.25, -0.2) is 19.2 Å². The van der Waals surface area contributed by atoms with Crippen molar-refractivity contribution >= 4 is 11.8 Å². The zero-order chi connectivity index (χ0) is 27.7. The molecule has 0 aliphatic carbocycles. The van der Waals surface area contributed by atoms with Crippen LogP contribution in [0.15, 0.2) is 29.2 Å². The summed E-state index contributed by atoms with van der Waals surface area (Å²) < 4.78 is 28.6. The van der Waals surface area contributed by atoms with Crippen LogP contribution in [0.1, 0.15) is 66.9 Å². The highest BCUT2D eigenvalue weighted by Gasteiger charge is 2.42. The number of aromatic hydroxyl groups is 1. The van der Waals surface area contributed by atoms with Gasteiger partial charge in [0, 0.05) is 43.5 Å². The first-order chi connectivity index (χ1) is 18.0. The monoisotopic (exact) mass is 531 g/mol. The molecule has 1 aromatic carbocycles. The number of rotatable bonds is 7. The lowest BCUT2D eigenvalue weighted by Gasteiger charge is -2.42. The predicted octanol–water partition coefficient (Wildman–Crippen LogP) is 2.83. The molecule has 0 radical (unpaired) electrons. The largest absolute Gasteiger partial charge is 0.503 e. The van der Waals surface area contributed by atoms with E-state index in [9.17, 15) is 28.3 Å². The van der Waals surface area contributed by atoms with Gasteiger partial charge in [0.2, 0.25) is 5.43 Å². The van der Waals surface area contributed by atoms with E-state index in [0.29, 0.717) is 17.9 Å². The number of benzene rings is 1. The molecule has 1 fully saturated rings. The number of halogens is 2. The third-order valence-electron chi connectivity index (χ3n) is 6.88. The number of nitrogens with zero attached hydrogens (tertiary/aromatic N) is 3. The van der Waals surface area contributed by atoms with Crippen LogP contribution in [0, 0.1) is 23.5 Å². The zero-order valence-corrected chi connectivity index (χ0v) is 22.1. The maximum atomic E-state index is 14.0. The molecule has 9 nitrogen and oxygen atoms in total. The van der Waals surface area contributed by atoms with Crippen molar-refractivity contribution in [3.8, 4) is 5.75 Å². The smallest absolute Gasteiger partial charge is 0.276 e. The molecule has 206 valence electrons. The van der Waals surface area contributed by atoms with Crippen LogP contribution in [-0.4, -0.2) is 56.7 Å². The predicted molar refractivity (Wildman–Crippen MR) is 137 cm³/mol.